The van der Waals surface area contributed by atoms with Crippen molar-refractivity contribution in [1.29, 1.82) is 0 Å². The van der Waals surface area contributed by atoms with Gasteiger partial charge in [0.25, 0.3) is 0 Å². The minimum absolute atomic E-state index is 0.251. The van der Waals surface area contributed by atoms with Crippen LogP contribution in [0.15, 0.2) is 36.4 Å². The molecule has 0 spiro atoms. The normalized spacial score (nSPS) is 12.2. The van der Waals surface area contributed by atoms with Gasteiger partial charge < -0.3 is 14.6 Å². The molecule has 0 aliphatic rings. The molecule has 0 aromatic heterocycles. The molecule has 0 unspecified atom stereocenters. The summed E-state index contributed by atoms with van der Waals surface area (Å²) >= 11 is 0. The highest BCUT2D eigenvalue weighted by Gasteiger charge is 2.18. The lowest BCUT2D eigenvalue weighted by Gasteiger charge is -2.11. The predicted octanol–water partition coefficient (Wildman–Crippen LogP) is 2.44. The molecule has 0 fully saturated rings. The van der Waals surface area contributed by atoms with Crippen molar-refractivity contribution < 1.29 is 19.4 Å². The van der Waals surface area contributed by atoms with Crippen LogP contribution >= 0.6 is 0 Å². The summed E-state index contributed by atoms with van der Waals surface area (Å²) in [5.74, 6) is 0.140. The molecule has 1 atom stereocenters. The summed E-state index contributed by atoms with van der Waals surface area (Å²) in [6, 6.07) is 10.9. The molecule has 0 aliphatic carbocycles. The first-order valence-electron chi connectivity index (χ1n) is 6.08. The molecule has 0 bridgehead atoms. The number of carbonyl (C=O) groups excluding carboxylic acids is 1. The van der Waals surface area contributed by atoms with Crippen molar-refractivity contribution in [2.24, 2.45) is 0 Å². The minimum atomic E-state index is -1.24. The third kappa shape index (κ3) is 2.85. The summed E-state index contributed by atoms with van der Waals surface area (Å²) in [6.07, 6.45) is -1.24. The lowest BCUT2D eigenvalue weighted by molar-refractivity contribution is -0.153. The predicted molar refractivity (Wildman–Crippen MR) is 72.1 cm³/mol. The standard InChI is InChI=1S/C15H16O4/c1-3-19-15(17)14(16)12-5-4-11-9-13(18-2)7-6-10(11)8-12/h4-9,14,16H,3H2,1-2H3/t14-/m1/s1. The van der Waals surface area contributed by atoms with E-state index in [1.165, 1.54) is 0 Å². The Balaban J connectivity index is 2.33. The van der Waals surface area contributed by atoms with Crippen molar-refractivity contribution in [3.05, 3.63) is 42.0 Å². The molecular formula is C15H16O4. The van der Waals surface area contributed by atoms with E-state index in [4.69, 9.17) is 9.47 Å². The monoisotopic (exact) mass is 260 g/mol. The average molecular weight is 260 g/mol. The molecule has 2 aromatic rings. The molecule has 0 radical (unpaired) electrons. The summed E-state index contributed by atoms with van der Waals surface area (Å²) in [5, 5.41) is 11.8. The third-order valence-corrected chi connectivity index (χ3v) is 2.90. The van der Waals surface area contributed by atoms with Crippen LogP contribution in [-0.4, -0.2) is 24.8 Å². The summed E-state index contributed by atoms with van der Waals surface area (Å²) in [7, 11) is 1.61. The number of hydrogen-bond donors (Lipinski definition) is 1. The largest absolute Gasteiger partial charge is 0.497 e. The summed E-state index contributed by atoms with van der Waals surface area (Å²) in [5.41, 5.74) is 0.524. The number of fused-ring (bicyclic) bond motifs is 1. The molecule has 0 aliphatic heterocycles. The van der Waals surface area contributed by atoms with E-state index in [9.17, 15) is 9.90 Å². The second-order valence-electron chi connectivity index (χ2n) is 4.13. The van der Waals surface area contributed by atoms with Crippen LogP contribution in [-0.2, 0) is 9.53 Å². The fourth-order valence-corrected chi connectivity index (χ4v) is 1.90. The first kappa shape index (κ1) is 13.4. The van der Waals surface area contributed by atoms with Crippen molar-refractivity contribution in [2.45, 2.75) is 13.0 Å². The van der Waals surface area contributed by atoms with Crippen LogP contribution in [0.1, 0.15) is 18.6 Å². The Morgan fingerprint density at radius 3 is 2.58 bits per heavy atom. The van der Waals surface area contributed by atoms with Gasteiger partial charge in [0, 0.05) is 0 Å². The van der Waals surface area contributed by atoms with Gasteiger partial charge >= 0.3 is 5.97 Å². The zero-order valence-corrected chi connectivity index (χ0v) is 10.9. The quantitative estimate of drug-likeness (QED) is 0.858. The van der Waals surface area contributed by atoms with Gasteiger partial charge in [-0.05, 0) is 41.5 Å². The molecule has 2 aromatic carbocycles. The fourth-order valence-electron chi connectivity index (χ4n) is 1.90. The Hall–Kier alpha value is -2.07. The van der Waals surface area contributed by atoms with Crippen LogP contribution in [0.25, 0.3) is 10.8 Å². The van der Waals surface area contributed by atoms with Crippen molar-refractivity contribution in [1.82, 2.24) is 0 Å². The average Bonchev–Trinajstić information content (AvgIpc) is 2.45. The van der Waals surface area contributed by atoms with Gasteiger partial charge in [0.15, 0.2) is 6.10 Å². The molecule has 1 N–H and O–H groups in total. The molecule has 0 saturated heterocycles. The number of methoxy groups -OCH3 is 1. The van der Waals surface area contributed by atoms with E-state index in [-0.39, 0.29) is 6.61 Å². The van der Waals surface area contributed by atoms with Crippen LogP contribution in [0.5, 0.6) is 5.75 Å². The molecule has 2 rings (SSSR count). The fraction of sp³-hybridized carbons (Fsp3) is 0.267. The summed E-state index contributed by atoms with van der Waals surface area (Å²) < 4.78 is 9.94. The Kier molecular flexibility index (Phi) is 4.02. The second-order valence-corrected chi connectivity index (χ2v) is 4.13. The topological polar surface area (TPSA) is 55.8 Å². The number of aliphatic hydroxyl groups is 1. The maximum atomic E-state index is 11.5. The zero-order chi connectivity index (χ0) is 13.8. The number of benzene rings is 2. The smallest absolute Gasteiger partial charge is 0.339 e. The third-order valence-electron chi connectivity index (χ3n) is 2.90. The van der Waals surface area contributed by atoms with E-state index in [0.29, 0.717) is 5.56 Å². The Morgan fingerprint density at radius 2 is 1.89 bits per heavy atom. The second kappa shape index (κ2) is 5.71. The highest BCUT2D eigenvalue weighted by molar-refractivity contribution is 5.86. The molecule has 19 heavy (non-hydrogen) atoms. The minimum Gasteiger partial charge on any atom is -0.497 e. The Bertz CT molecular complexity index is 592. The zero-order valence-electron chi connectivity index (χ0n) is 10.9. The number of hydrogen-bond acceptors (Lipinski definition) is 4. The van der Waals surface area contributed by atoms with E-state index < -0.39 is 12.1 Å². The van der Waals surface area contributed by atoms with E-state index >= 15 is 0 Å². The van der Waals surface area contributed by atoms with Crippen molar-refractivity contribution >= 4 is 16.7 Å². The van der Waals surface area contributed by atoms with Gasteiger partial charge in [-0.15, -0.1) is 0 Å². The van der Waals surface area contributed by atoms with E-state index in [1.54, 1.807) is 26.2 Å². The number of esters is 1. The summed E-state index contributed by atoms with van der Waals surface area (Å²) in [6.45, 7) is 1.96. The molecule has 0 saturated carbocycles. The number of carbonyl (C=O) groups is 1. The SMILES string of the molecule is CCOC(=O)[C@H](O)c1ccc2cc(OC)ccc2c1. The molecule has 0 heterocycles. The lowest BCUT2D eigenvalue weighted by atomic mass is 10.0. The number of ether oxygens (including phenoxy) is 2. The number of aliphatic hydroxyl groups excluding tert-OH is 1. The van der Waals surface area contributed by atoms with E-state index in [1.807, 2.05) is 24.3 Å². The first-order chi connectivity index (χ1) is 9.15. The van der Waals surface area contributed by atoms with E-state index in [0.717, 1.165) is 16.5 Å². The lowest BCUT2D eigenvalue weighted by Crippen LogP contribution is -2.15. The molecule has 4 nitrogen and oxygen atoms in total. The van der Waals surface area contributed by atoms with Gasteiger partial charge in [0.2, 0.25) is 0 Å². The van der Waals surface area contributed by atoms with Gasteiger partial charge in [0.1, 0.15) is 5.75 Å². The molecule has 4 heteroatoms. The van der Waals surface area contributed by atoms with Gasteiger partial charge in [-0.3, -0.25) is 0 Å². The highest BCUT2D eigenvalue weighted by atomic mass is 16.5. The maximum Gasteiger partial charge on any atom is 0.339 e. The Morgan fingerprint density at radius 1 is 1.21 bits per heavy atom. The molecule has 0 amide bonds. The van der Waals surface area contributed by atoms with Crippen LogP contribution in [0.3, 0.4) is 0 Å². The number of rotatable bonds is 4. The first-order valence-corrected chi connectivity index (χ1v) is 6.08. The van der Waals surface area contributed by atoms with Gasteiger partial charge in [-0.2, -0.15) is 0 Å². The maximum absolute atomic E-state index is 11.5. The van der Waals surface area contributed by atoms with Crippen LogP contribution in [0.4, 0.5) is 0 Å². The molecular weight excluding hydrogens is 244 g/mol. The van der Waals surface area contributed by atoms with Crippen LogP contribution in [0.2, 0.25) is 0 Å². The van der Waals surface area contributed by atoms with Crippen molar-refractivity contribution in [3.63, 3.8) is 0 Å². The molecule has 100 valence electrons. The van der Waals surface area contributed by atoms with Crippen LogP contribution in [0, 0.1) is 0 Å². The van der Waals surface area contributed by atoms with Gasteiger partial charge in [-0.25, -0.2) is 4.79 Å². The van der Waals surface area contributed by atoms with E-state index in [2.05, 4.69) is 0 Å². The Labute approximate surface area is 111 Å². The van der Waals surface area contributed by atoms with Gasteiger partial charge in [-0.1, -0.05) is 18.2 Å². The van der Waals surface area contributed by atoms with Crippen molar-refractivity contribution in [3.8, 4) is 5.75 Å². The van der Waals surface area contributed by atoms with Crippen molar-refractivity contribution in [2.75, 3.05) is 13.7 Å². The van der Waals surface area contributed by atoms with Gasteiger partial charge in [0.05, 0.1) is 13.7 Å². The highest BCUT2D eigenvalue weighted by Crippen LogP contribution is 2.24. The summed E-state index contributed by atoms with van der Waals surface area (Å²) in [4.78, 5) is 11.5. The van der Waals surface area contributed by atoms with Crippen LogP contribution < -0.4 is 4.74 Å².